The number of urea groups is 1. The number of hydrogen-bond acceptors (Lipinski definition) is 3. The van der Waals surface area contributed by atoms with Crippen molar-refractivity contribution in [2.24, 2.45) is 11.7 Å². The highest BCUT2D eigenvalue weighted by atomic mass is 32.1. The Morgan fingerprint density at radius 1 is 1.20 bits per heavy atom. The zero-order valence-electron chi connectivity index (χ0n) is 12.6. The number of carbonyl (C=O) groups excluding carboxylic acids is 2. The van der Waals surface area contributed by atoms with Crippen LogP contribution in [0.1, 0.15) is 42.1 Å². The molecule has 0 saturated heterocycles. The van der Waals surface area contributed by atoms with Gasteiger partial charge in [-0.1, -0.05) is 13.8 Å². The number of hydrogen-bond donors (Lipinski definition) is 3. The predicted molar refractivity (Wildman–Crippen MR) is 81.7 cm³/mol. The second kappa shape index (κ2) is 6.74. The summed E-state index contributed by atoms with van der Waals surface area (Å²) in [5, 5.41) is 5.38. The average Bonchev–Trinajstić information content (AvgIpc) is 2.63. The van der Waals surface area contributed by atoms with Crippen LogP contribution < -0.4 is 16.4 Å². The molecule has 0 radical (unpaired) electrons. The molecule has 0 saturated carbocycles. The molecule has 0 bridgehead atoms. The van der Waals surface area contributed by atoms with Crippen molar-refractivity contribution in [2.45, 2.75) is 46.7 Å². The molecular formula is C14H23N3O2S. The minimum atomic E-state index is -0.698. The number of thiophene rings is 1. The lowest BCUT2D eigenvalue weighted by Crippen LogP contribution is -2.48. The van der Waals surface area contributed by atoms with Crippen LogP contribution in [0.4, 0.5) is 4.79 Å². The summed E-state index contributed by atoms with van der Waals surface area (Å²) in [6, 6.07) is 0.701. The summed E-state index contributed by atoms with van der Waals surface area (Å²) in [5.74, 6) is 0.0261. The van der Waals surface area contributed by atoms with E-state index in [1.165, 1.54) is 9.75 Å². The van der Waals surface area contributed by atoms with E-state index >= 15 is 0 Å². The van der Waals surface area contributed by atoms with Crippen LogP contribution in [0, 0.1) is 19.8 Å². The van der Waals surface area contributed by atoms with Crippen LogP contribution in [-0.2, 0) is 4.79 Å². The average molecular weight is 297 g/mol. The Balaban J connectivity index is 2.86. The molecule has 5 nitrogen and oxygen atoms in total. The summed E-state index contributed by atoms with van der Waals surface area (Å²) in [7, 11) is 0. The van der Waals surface area contributed by atoms with E-state index in [1.807, 2.05) is 0 Å². The molecule has 1 rings (SSSR count). The lowest BCUT2D eigenvalue weighted by atomic mass is 9.96. The van der Waals surface area contributed by atoms with E-state index in [-0.39, 0.29) is 17.9 Å². The van der Waals surface area contributed by atoms with Gasteiger partial charge in [-0.05, 0) is 38.3 Å². The van der Waals surface area contributed by atoms with E-state index in [1.54, 1.807) is 18.3 Å². The summed E-state index contributed by atoms with van der Waals surface area (Å²) >= 11 is 1.72. The van der Waals surface area contributed by atoms with E-state index in [2.05, 4.69) is 44.4 Å². The molecule has 6 heteroatoms. The number of aryl methyl sites for hydroxylation is 2. The molecule has 0 aliphatic rings. The topological polar surface area (TPSA) is 84.2 Å². The van der Waals surface area contributed by atoms with Gasteiger partial charge in [0.25, 0.3) is 0 Å². The number of carbonyl (C=O) groups is 2. The number of nitrogens with two attached hydrogens (primary N) is 1. The Kier molecular flexibility index (Phi) is 5.56. The largest absolute Gasteiger partial charge is 0.352 e. The summed E-state index contributed by atoms with van der Waals surface area (Å²) in [6.45, 7) is 9.84. The number of primary amides is 1. The number of rotatable bonds is 5. The Morgan fingerprint density at radius 2 is 1.80 bits per heavy atom. The number of nitrogens with one attached hydrogen (secondary N) is 2. The maximum atomic E-state index is 12.1. The Morgan fingerprint density at radius 3 is 2.20 bits per heavy atom. The van der Waals surface area contributed by atoms with Crippen molar-refractivity contribution < 1.29 is 9.59 Å². The molecule has 1 aromatic rings. The molecule has 0 unspecified atom stereocenters. The Bertz CT molecular complexity index is 497. The molecule has 0 aliphatic carbocycles. The fourth-order valence-electron chi connectivity index (χ4n) is 2.12. The Labute approximate surface area is 123 Å². The third-order valence-corrected chi connectivity index (χ3v) is 4.11. The van der Waals surface area contributed by atoms with E-state index in [4.69, 9.17) is 5.73 Å². The standard InChI is InChI=1S/C14H23N3O2S/c1-7(2)12(11-6-8(3)20-10(11)5)17-13(18)9(4)16-14(15)19/h6-7,9,12H,1-5H3,(H,17,18)(H3,15,16,19)/t9-,12+/m0/s1. The third-order valence-electron chi connectivity index (χ3n) is 3.13. The second-order valence-corrected chi connectivity index (χ2v) is 6.79. The van der Waals surface area contributed by atoms with Gasteiger partial charge in [-0.25, -0.2) is 4.79 Å². The zero-order valence-corrected chi connectivity index (χ0v) is 13.4. The first kappa shape index (κ1) is 16.5. The van der Waals surface area contributed by atoms with Gasteiger partial charge < -0.3 is 16.4 Å². The molecule has 2 atom stereocenters. The highest BCUT2D eigenvalue weighted by Gasteiger charge is 2.24. The fraction of sp³-hybridized carbons (Fsp3) is 0.571. The molecule has 112 valence electrons. The Hall–Kier alpha value is -1.56. The lowest BCUT2D eigenvalue weighted by Gasteiger charge is -2.24. The van der Waals surface area contributed by atoms with Crippen molar-refractivity contribution in [1.82, 2.24) is 10.6 Å². The van der Waals surface area contributed by atoms with E-state index < -0.39 is 12.1 Å². The molecule has 1 heterocycles. The molecule has 20 heavy (non-hydrogen) atoms. The van der Waals surface area contributed by atoms with Gasteiger partial charge in [0.15, 0.2) is 0 Å². The maximum Gasteiger partial charge on any atom is 0.312 e. The quantitative estimate of drug-likeness (QED) is 0.778. The zero-order chi connectivity index (χ0) is 15.4. The van der Waals surface area contributed by atoms with E-state index in [9.17, 15) is 9.59 Å². The first-order valence-electron chi connectivity index (χ1n) is 6.65. The molecule has 0 aliphatic heterocycles. The monoisotopic (exact) mass is 297 g/mol. The van der Waals surface area contributed by atoms with Crippen LogP contribution in [0.2, 0.25) is 0 Å². The van der Waals surface area contributed by atoms with Gasteiger partial charge in [-0.2, -0.15) is 0 Å². The molecule has 3 amide bonds. The van der Waals surface area contributed by atoms with Crippen molar-refractivity contribution in [2.75, 3.05) is 0 Å². The van der Waals surface area contributed by atoms with E-state index in [0.717, 1.165) is 5.56 Å². The summed E-state index contributed by atoms with van der Waals surface area (Å²) in [5.41, 5.74) is 6.17. The van der Waals surface area contributed by atoms with Gasteiger partial charge in [-0.3, -0.25) is 4.79 Å². The molecule has 0 fully saturated rings. The summed E-state index contributed by atoms with van der Waals surface area (Å²) < 4.78 is 0. The molecule has 0 spiro atoms. The summed E-state index contributed by atoms with van der Waals surface area (Å²) in [6.07, 6.45) is 0. The normalized spacial score (nSPS) is 13.9. The third kappa shape index (κ3) is 4.23. The van der Waals surface area contributed by atoms with Crippen LogP contribution in [-0.4, -0.2) is 18.0 Å². The molecular weight excluding hydrogens is 274 g/mol. The summed E-state index contributed by atoms with van der Waals surface area (Å²) in [4.78, 5) is 25.3. The maximum absolute atomic E-state index is 12.1. The van der Waals surface area contributed by atoms with Gasteiger partial charge in [0, 0.05) is 9.75 Å². The van der Waals surface area contributed by atoms with Gasteiger partial charge >= 0.3 is 6.03 Å². The lowest BCUT2D eigenvalue weighted by molar-refractivity contribution is -0.123. The molecule has 0 aromatic carbocycles. The smallest absolute Gasteiger partial charge is 0.312 e. The minimum absolute atomic E-state index is 0.0652. The van der Waals surface area contributed by atoms with E-state index in [0.29, 0.717) is 0 Å². The van der Waals surface area contributed by atoms with Crippen molar-refractivity contribution in [3.63, 3.8) is 0 Å². The fourth-order valence-corrected chi connectivity index (χ4v) is 3.09. The number of amides is 3. The van der Waals surface area contributed by atoms with Crippen molar-refractivity contribution in [3.05, 3.63) is 21.4 Å². The van der Waals surface area contributed by atoms with Gasteiger partial charge in [0.1, 0.15) is 6.04 Å². The van der Waals surface area contributed by atoms with Crippen molar-refractivity contribution >= 4 is 23.3 Å². The SMILES string of the molecule is Cc1cc([C@H](NC(=O)[C@H](C)NC(N)=O)C(C)C)c(C)s1. The van der Waals surface area contributed by atoms with Crippen LogP contribution in [0.5, 0.6) is 0 Å². The first-order chi connectivity index (χ1) is 9.22. The first-order valence-corrected chi connectivity index (χ1v) is 7.47. The minimum Gasteiger partial charge on any atom is -0.352 e. The van der Waals surface area contributed by atoms with Crippen LogP contribution in [0.3, 0.4) is 0 Å². The van der Waals surface area contributed by atoms with Crippen LogP contribution >= 0.6 is 11.3 Å². The van der Waals surface area contributed by atoms with Gasteiger partial charge in [0.2, 0.25) is 5.91 Å². The predicted octanol–water partition coefficient (Wildman–Crippen LogP) is 2.24. The van der Waals surface area contributed by atoms with Crippen LogP contribution in [0.25, 0.3) is 0 Å². The molecule has 1 aromatic heterocycles. The second-order valence-electron chi connectivity index (χ2n) is 5.33. The van der Waals surface area contributed by atoms with Gasteiger partial charge in [-0.15, -0.1) is 11.3 Å². The highest BCUT2D eigenvalue weighted by molar-refractivity contribution is 7.12. The highest BCUT2D eigenvalue weighted by Crippen LogP contribution is 2.30. The van der Waals surface area contributed by atoms with Gasteiger partial charge in [0.05, 0.1) is 6.04 Å². The van der Waals surface area contributed by atoms with Crippen molar-refractivity contribution in [1.29, 1.82) is 0 Å². The van der Waals surface area contributed by atoms with Crippen LogP contribution in [0.15, 0.2) is 6.07 Å². The van der Waals surface area contributed by atoms with Crippen molar-refractivity contribution in [3.8, 4) is 0 Å². The molecule has 4 N–H and O–H groups in total.